The summed E-state index contributed by atoms with van der Waals surface area (Å²) in [6.45, 7) is 4.26. The molecule has 2 saturated heterocycles. The second-order valence-corrected chi connectivity index (χ2v) is 7.55. The van der Waals surface area contributed by atoms with E-state index in [1.807, 2.05) is 0 Å². The average Bonchev–Trinajstić information content (AvgIpc) is 2.73. The van der Waals surface area contributed by atoms with Crippen molar-refractivity contribution >= 4 is 17.7 Å². The molecule has 0 aliphatic carbocycles. The highest BCUT2D eigenvalue weighted by Crippen LogP contribution is 2.38. The average molecular weight is 405 g/mol. The SMILES string of the molecule is COCCN1C(=O)CC[C@@H](C(=O)N2CCN(C(C)=O)CC2)[C@@H]1c1ccc(F)cc1. The smallest absolute Gasteiger partial charge is 0.228 e. The second kappa shape index (κ2) is 9.35. The molecule has 0 radical (unpaired) electrons. The number of piperazine rings is 1. The quantitative estimate of drug-likeness (QED) is 0.743. The molecule has 0 aromatic heterocycles. The predicted molar refractivity (Wildman–Crippen MR) is 104 cm³/mol. The van der Waals surface area contributed by atoms with Crippen molar-refractivity contribution in [3.8, 4) is 0 Å². The fraction of sp³-hybridized carbons (Fsp3) is 0.571. The molecule has 29 heavy (non-hydrogen) atoms. The van der Waals surface area contributed by atoms with Gasteiger partial charge in [0.2, 0.25) is 17.7 Å². The molecule has 0 bridgehead atoms. The van der Waals surface area contributed by atoms with E-state index in [9.17, 15) is 18.8 Å². The molecule has 1 aromatic carbocycles. The Labute approximate surface area is 170 Å². The Balaban J connectivity index is 1.84. The maximum absolute atomic E-state index is 13.5. The van der Waals surface area contributed by atoms with E-state index in [0.29, 0.717) is 52.2 Å². The minimum absolute atomic E-state index is 0.00953. The highest BCUT2D eigenvalue weighted by molar-refractivity contribution is 5.85. The Morgan fingerprint density at radius 3 is 2.31 bits per heavy atom. The van der Waals surface area contributed by atoms with Gasteiger partial charge in [-0.2, -0.15) is 0 Å². The number of piperidine rings is 1. The molecule has 0 unspecified atom stereocenters. The molecule has 3 amide bonds. The molecule has 0 saturated carbocycles. The number of likely N-dealkylation sites (tertiary alicyclic amines) is 1. The summed E-state index contributed by atoms with van der Waals surface area (Å²) in [7, 11) is 1.57. The van der Waals surface area contributed by atoms with E-state index in [0.717, 1.165) is 5.56 Å². The van der Waals surface area contributed by atoms with Gasteiger partial charge in [-0.3, -0.25) is 14.4 Å². The number of hydrogen-bond donors (Lipinski definition) is 0. The van der Waals surface area contributed by atoms with Gasteiger partial charge in [-0.15, -0.1) is 0 Å². The van der Waals surface area contributed by atoms with Gasteiger partial charge < -0.3 is 19.4 Å². The van der Waals surface area contributed by atoms with Crippen LogP contribution in [0.5, 0.6) is 0 Å². The number of ether oxygens (including phenoxy) is 1. The first kappa shape index (κ1) is 21.2. The molecule has 2 heterocycles. The molecular weight excluding hydrogens is 377 g/mol. The summed E-state index contributed by atoms with van der Waals surface area (Å²) in [4.78, 5) is 42.8. The number of carbonyl (C=O) groups excluding carboxylic acids is 3. The number of rotatable bonds is 5. The maximum atomic E-state index is 13.5. The first-order chi connectivity index (χ1) is 13.9. The number of amides is 3. The van der Waals surface area contributed by atoms with E-state index < -0.39 is 12.0 Å². The lowest BCUT2D eigenvalue weighted by atomic mass is 9.83. The number of methoxy groups -OCH3 is 1. The lowest BCUT2D eigenvalue weighted by Crippen LogP contribution is -2.55. The van der Waals surface area contributed by atoms with Crippen molar-refractivity contribution in [2.75, 3.05) is 46.4 Å². The van der Waals surface area contributed by atoms with Gasteiger partial charge in [0.05, 0.1) is 18.6 Å². The first-order valence-electron chi connectivity index (χ1n) is 10.0. The van der Waals surface area contributed by atoms with E-state index in [4.69, 9.17) is 4.74 Å². The minimum atomic E-state index is -0.453. The third kappa shape index (κ3) is 4.75. The summed E-state index contributed by atoms with van der Waals surface area (Å²) < 4.78 is 18.6. The van der Waals surface area contributed by atoms with Gasteiger partial charge in [-0.25, -0.2) is 4.39 Å². The third-order valence-electron chi connectivity index (χ3n) is 5.81. The van der Waals surface area contributed by atoms with Crippen LogP contribution in [0, 0.1) is 11.7 Å². The van der Waals surface area contributed by atoms with Gasteiger partial charge in [-0.05, 0) is 24.1 Å². The van der Waals surface area contributed by atoms with Crippen LogP contribution in [0.15, 0.2) is 24.3 Å². The summed E-state index contributed by atoms with van der Waals surface area (Å²) >= 11 is 0. The van der Waals surface area contributed by atoms with E-state index >= 15 is 0 Å². The molecule has 8 heteroatoms. The summed E-state index contributed by atoms with van der Waals surface area (Å²) in [6, 6.07) is 5.55. The van der Waals surface area contributed by atoms with Crippen molar-refractivity contribution in [1.82, 2.24) is 14.7 Å². The number of hydrogen-bond acceptors (Lipinski definition) is 4. The molecule has 0 spiro atoms. The van der Waals surface area contributed by atoms with Crippen molar-refractivity contribution in [1.29, 1.82) is 0 Å². The van der Waals surface area contributed by atoms with Crippen molar-refractivity contribution in [3.05, 3.63) is 35.6 Å². The molecule has 2 aliphatic rings. The fourth-order valence-corrected chi connectivity index (χ4v) is 4.21. The number of benzene rings is 1. The summed E-state index contributed by atoms with van der Waals surface area (Å²) in [6.07, 6.45) is 0.751. The van der Waals surface area contributed by atoms with Crippen LogP contribution in [0.3, 0.4) is 0 Å². The predicted octanol–water partition coefficient (Wildman–Crippen LogP) is 1.44. The van der Waals surface area contributed by atoms with Crippen LogP contribution in [0.1, 0.15) is 31.4 Å². The van der Waals surface area contributed by atoms with Gasteiger partial charge in [0, 0.05) is 53.2 Å². The topological polar surface area (TPSA) is 70.2 Å². The Bertz CT molecular complexity index is 747. The van der Waals surface area contributed by atoms with Gasteiger partial charge in [0.1, 0.15) is 5.82 Å². The Morgan fingerprint density at radius 1 is 1.10 bits per heavy atom. The Kier molecular flexibility index (Phi) is 6.84. The van der Waals surface area contributed by atoms with Crippen LogP contribution in [-0.4, -0.2) is 78.9 Å². The van der Waals surface area contributed by atoms with Gasteiger partial charge in [0.15, 0.2) is 0 Å². The molecule has 3 rings (SSSR count). The normalized spacial score (nSPS) is 22.7. The highest BCUT2D eigenvalue weighted by atomic mass is 19.1. The van der Waals surface area contributed by atoms with E-state index in [1.165, 1.54) is 19.1 Å². The van der Waals surface area contributed by atoms with E-state index in [2.05, 4.69) is 0 Å². The summed E-state index contributed by atoms with van der Waals surface area (Å²) in [5.74, 6) is -0.795. The Hall–Kier alpha value is -2.48. The van der Waals surface area contributed by atoms with Crippen molar-refractivity contribution in [3.63, 3.8) is 0 Å². The third-order valence-corrected chi connectivity index (χ3v) is 5.81. The van der Waals surface area contributed by atoms with Gasteiger partial charge in [-0.1, -0.05) is 12.1 Å². The molecule has 2 fully saturated rings. The molecule has 2 aliphatic heterocycles. The zero-order valence-corrected chi connectivity index (χ0v) is 17.0. The van der Waals surface area contributed by atoms with Crippen molar-refractivity contribution in [2.24, 2.45) is 5.92 Å². The summed E-state index contributed by atoms with van der Waals surface area (Å²) in [5.41, 5.74) is 0.747. The first-order valence-corrected chi connectivity index (χ1v) is 10.0. The number of carbonyl (C=O) groups is 3. The molecule has 2 atom stereocenters. The molecular formula is C21H28FN3O4. The monoisotopic (exact) mass is 405 g/mol. The van der Waals surface area contributed by atoms with Crippen LogP contribution < -0.4 is 0 Å². The van der Waals surface area contributed by atoms with E-state index in [-0.39, 0.29) is 23.5 Å². The molecule has 0 N–H and O–H groups in total. The number of nitrogens with zero attached hydrogens (tertiary/aromatic N) is 3. The van der Waals surface area contributed by atoms with Crippen LogP contribution in [0.4, 0.5) is 4.39 Å². The van der Waals surface area contributed by atoms with Crippen LogP contribution in [0.2, 0.25) is 0 Å². The number of halogens is 1. The zero-order valence-electron chi connectivity index (χ0n) is 17.0. The largest absolute Gasteiger partial charge is 0.383 e. The fourth-order valence-electron chi connectivity index (χ4n) is 4.21. The van der Waals surface area contributed by atoms with Gasteiger partial charge in [0.25, 0.3) is 0 Å². The summed E-state index contributed by atoms with van der Waals surface area (Å²) in [5, 5.41) is 0. The van der Waals surface area contributed by atoms with Crippen LogP contribution in [-0.2, 0) is 19.1 Å². The van der Waals surface area contributed by atoms with E-state index in [1.54, 1.807) is 33.9 Å². The van der Waals surface area contributed by atoms with Crippen molar-refractivity contribution < 1.29 is 23.5 Å². The standard InChI is InChI=1S/C21H28FN3O4/c1-15(26)23-9-11-24(12-10-23)21(28)18-7-8-19(27)25(13-14-29-2)20(18)16-3-5-17(22)6-4-16/h3-6,18,20H,7-14H2,1-2H3/t18-,20+/m1/s1. The second-order valence-electron chi connectivity index (χ2n) is 7.55. The van der Waals surface area contributed by atoms with Gasteiger partial charge >= 0.3 is 0 Å². The highest BCUT2D eigenvalue weighted by Gasteiger charge is 2.42. The van der Waals surface area contributed by atoms with Crippen LogP contribution >= 0.6 is 0 Å². The lowest BCUT2D eigenvalue weighted by molar-refractivity contribution is -0.151. The molecule has 7 nitrogen and oxygen atoms in total. The van der Waals surface area contributed by atoms with Crippen molar-refractivity contribution in [2.45, 2.75) is 25.8 Å². The maximum Gasteiger partial charge on any atom is 0.228 e. The lowest BCUT2D eigenvalue weighted by Gasteiger charge is -2.43. The zero-order chi connectivity index (χ0) is 21.0. The molecule has 1 aromatic rings. The molecule has 158 valence electrons. The Morgan fingerprint density at radius 2 is 1.72 bits per heavy atom. The minimum Gasteiger partial charge on any atom is -0.383 e. The van der Waals surface area contributed by atoms with Crippen LogP contribution in [0.25, 0.3) is 0 Å².